The molecule has 0 bridgehead atoms. The molecule has 3 aromatic rings. The van der Waals surface area contributed by atoms with Crippen LogP contribution in [-0.4, -0.2) is 11.7 Å². The molecule has 0 saturated carbocycles. The molecule has 3 heteroatoms. The standard InChI is InChI=1S/C16H14FNO/c1-19-15-6-2-12(3-7-15)11-18-9-8-13-4-5-14(17)10-16(13)18/h2-10H,11H2,1H3. The molecule has 2 nitrogen and oxygen atoms in total. The Labute approximate surface area is 111 Å². The Hall–Kier alpha value is -2.29. The molecule has 0 aliphatic heterocycles. The van der Waals surface area contributed by atoms with Gasteiger partial charge in [-0.2, -0.15) is 0 Å². The first kappa shape index (κ1) is 11.8. The number of rotatable bonds is 3. The molecule has 19 heavy (non-hydrogen) atoms. The van der Waals surface area contributed by atoms with Gasteiger partial charge in [0.1, 0.15) is 11.6 Å². The highest BCUT2D eigenvalue weighted by Gasteiger charge is 2.03. The highest BCUT2D eigenvalue weighted by molar-refractivity contribution is 5.80. The lowest BCUT2D eigenvalue weighted by Crippen LogP contribution is -1.98. The summed E-state index contributed by atoms with van der Waals surface area (Å²) in [6, 6.07) is 14.8. The minimum absolute atomic E-state index is 0.206. The maximum absolute atomic E-state index is 13.3. The molecular formula is C16H14FNO. The van der Waals surface area contributed by atoms with Gasteiger partial charge >= 0.3 is 0 Å². The molecule has 0 saturated heterocycles. The topological polar surface area (TPSA) is 14.2 Å². The summed E-state index contributed by atoms with van der Waals surface area (Å²) in [7, 11) is 1.65. The molecule has 0 aliphatic carbocycles. The average Bonchev–Trinajstić information content (AvgIpc) is 2.82. The van der Waals surface area contributed by atoms with Crippen molar-refractivity contribution in [2.24, 2.45) is 0 Å². The summed E-state index contributed by atoms with van der Waals surface area (Å²) in [6.07, 6.45) is 1.98. The van der Waals surface area contributed by atoms with E-state index in [1.165, 1.54) is 6.07 Å². The fourth-order valence-corrected chi connectivity index (χ4v) is 2.22. The van der Waals surface area contributed by atoms with Crippen molar-refractivity contribution in [2.45, 2.75) is 6.54 Å². The van der Waals surface area contributed by atoms with E-state index >= 15 is 0 Å². The monoisotopic (exact) mass is 255 g/mol. The van der Waals surface area contributed by atoms with Crippen molar-refractivity contribution in [1.29, 1.82) is 0 Å². The SMILES string of the molecule is COc1ccc(Cn2ccc3ccc(F)cc32)cc1. The van der Waals surface area contributed by atoms with Crippen LogP contribution in [0.15, 0.2) is 54.7 Å². The van der Waals surface area contributed by atoms with Crippen LogP contribution in [-0.2, 0) is 6.54 Å². The van der Waals surface area contributed by atoms with E-state index in [-0.39, 0.29) is 5.82 Å². The second-order valence-corrected chi connectivity index (χ2v) is 4.49. The van der Waals surface area contributed by atoms with Crippen molar-refractivity contribution >= 4 is 10.9 Å². The van der Waals surface area contributed by atoms with Crippen LogP contribution in [0.5, 0.6) is 5.75 Å². The van der Waals surface area contributed by atoms with E-state index in [1.807, 2.05) is 41.1 Å². The van der Waals surface area contributed by atoms with Crippen LogP contribution in [0.1, 0.15) is 5.56 Å². The Morgan fingerprint density at radius 3 is 2.58 bits per heavy atom. The number of nitrogens with zero attached hydrogens (tertiary/aromatic N) is 1. The molecule has 1 heterocycles. The summed E-state index contributed by atoms with van der Waals surface area (Å²) in [6.45, 7) is 0.719. The first-order valence-electron chi connectivity index (χ1n) is 6.13. The van der Waals surface area contributed by atoms with Crippen LogP contribution in [0.2, 0.25) is 0 Å². The highest BCUT2D eigenvalue weighted by atomic mass is 19.1. The lowest BCUT2D eigenvalue weighted by atomic mass is 10.2. The van der Waals surface area contributed by atoms with E-state index < -0.39 is 0 Å². The molecule has 3 rings (SSSR count). The summed E-state index contributed by atoms with van der Waals surface area (Å²) in [4.78, 5) is 0. The summed E-state index contributed by atoms with van der Waals surface area (Å²) in [5.41, 5.74) is 2.07. The van der Waals surface area contributed by atoms with E-state index in [2.05, 4.69) is 0 Å². The van der Waals surface area contributed by atoms with Gasteiger partial charge in [-0.15, -0.1) is 0 Å². The first-order valence-corrected chi connectivity index (χ1v) is 6.13. The van der Waals surface area contributed by atoms with E-state index in [0.29, 0.717) is 0 Å². The molecule has 96 valence electrons. The van der Waals surface area contributed by atoms with Gasteiger partial charge in [-0.25, -0.2) is 4.39 Å². The number of aromatic nitrogens is 1. The number of halogens is 1. The lowest BCUT2D eigenvalue weighted by Gasteiger charge is -2.07. The normalized spacial score (nSPS) is 10.8. The molecule has 0 atom stereocenters. The minimum Gasteiger partial charge on any atom is -0.497 e. The molecular weight excluding hydrogens is 241 g/mol. The summed E-state index contributed by atoms with van der Waals surface area (Å²) < 4.78 is 20.5. The van der Waals surface area contributed by atoms with Crippen molar-refractivity contribution in [3.05, 3.63) is 66.1 Å². The van der Waals surface area contributed by atoms with E-state index in [9.17, 15) is 4.39 Å². The lowest BCUT2D eigenvalue weighted by molar-refractivity contribution is 0.414. The third-order valence-electron chi connectivity index (χ3n) is 3.25. The molecule has 0 fully saturated rings. The van der Waals surface area contributed by atoms with E-state index in [4.69, 9.17) is 4.74 Å². The third kappa shape index (κ3) is 2.32. The van der Waals surface area contributed by atoms with Gasteiger partial charge < -0.3 is 9.30 Å². The second kappa shape index (κ2) is 4.76. The molecule has 0 aliphatic rings. The van der Waals surface area contributed by atoms with Crippen molar-refractivity contribution in [2.75, 3.05) is 7.11 Å². The fourth-order valence-electron chi connectivity index (χ4n) is 2.22. The smallest absolute Gasteiger partial charge is 0.125 e. The maximum atomic E-state index is 13.3. The number of hydrogen-bond donors (Lipinski definition) is 0. The Morgan fingerprint density at radius 1 is 1.05 bits per heavy atom. The maximum Gasteiger partial charge on any atom is 0.125 e. The molecule has 2 aromatic carbocycles. The average molecular weight is 255 g/mol. The largest absolute Gasteiger partial charge is 0.497 e. The van der Waals surface area contributed by atoms with Crippen LogP contribution in [0.3, 0.4) is 0 Å². The number of benzene rings is 2. The first-order chi connectivity index (χ1) is 9.26. The fraction of sp³-hybridized carbons (Fsp3) is 0.125. The van der Waals surface area contributed by atoms with Crippen LogP contribution in [0, 0.1) is 5.82 Å². The van der Waals surface area contributed by atoms with E-state index in [1.54, 1.807) is 19.2 Å². The van der Waals surface area contributed by atoms with Crippen LogP contribution >= 0.6 is 0 Å². The molecule has 0 spiro atoms. The van der Waals surface area contributed by atoms with Gasteiger partial charge in [0.05, 0.1) is 12.6 Å². The molecule has 0 amide bonds. The van der Waals surface area contributed by atoms with Gasteiger partial charge in [0, 0.05) is 12.7 Å². The zero-order valence-corrected chi connectivity index (χ0v) is 10.6. The number of hydrogen-bond acceptors (Lipinski definition) is 1. The zero-order valence-electron chi connectivity index (χ0n) is 10.6. The molecule has 1 aromatic heterocycles. The van der Waals surface area contributed by atoms with Crippen LogP contribution < -0.4 is 4.74 Å². The van der Waals surface area contributed by atoms with Gasteiger partial charge in [0.15, 0.2) is 0 Å². The predicted octanol–water partition coefficient (Wildman–Crippen LogP) is 3.84. The summed E-state index contributed by atoms with van der Waals surface area (Å²) >= 11 is 0. The Bertz CT molecular complexity index is 700. The number of fused-ring (bicyclic) bond motifs is 1. The molecule has 0 radical (unpaired) electrons. The van der Waals surface area contributed by atoms with Gasteiger partial charge in [0.2, 0.25) is 0 Å². The van der Waals surface area contributed by atoms with Crippen LogP contribution in [0.4, 0.5) is 4.39 Å². The minimum atomic E-state index is -0.206. The Morgan fingerprint density at radius 2 is 1.84 bits per heavy atom. The van der Waals surface area contributed by atoms with Crippen molar-refractivity contribution in [1.82, 2.24) is 4.57 Å². The summed E-state index contributed by atoms with van der Waals surface area (Å²) in [5.74, 6) is 0.634. The van der Waals surface area contributed by atoms with Crippen LogP contribution in [0.25, 0.3) is 10.9 Å². The van der Waals surface area contributed by atoms with Crippen molar-refractivity contribution in [3.8, 4) is 5.75 Å². The van der Waals surface area contributed by atoms with Gasteiger partial charge in [-0.1, -0.05) is 12.1 Å². The molecule has 0 N–H and O–H groups in total. The van der Waals surface area contributed by atoms with Crippen molar-refractivity contribution in [3.63, 3.8) is 0 Å². The zero-order chi connectivity index (χ0) is 13.2. The van der Waals surface area contributed by atoms with Crippen molar-refractivity contribution < 1.29 is 9.13 Å². The van der Waals surface area contributed by atoms with Gasteiger partial charge in [-0.05, 0) is 47.3 Å². The predicted molar refractivity (Wildman–Crippen MR) is 74.0 cm³/mol. The third-order valence-corrected chi connectivity index (χ3v) is 3.25. The van der Waals surface area contributed by atoms with E-state index in [0.717, 1.165) is 28.8 Å². The second-order valence-electron chi connectivity index (χ2n) is 4.49. The number of ether oxygens (including phenoxy) is 1. The molecule has 0 unspecified atom stereocenters. The Balaban J connectivity index is 1.93. The quantitative estimate of drug-likeness (QED) is 0.693. The number of methoxy groups -OCH3 is 1. The van der Waals surface area contributed by atoms with Gasteiger partial charge in [0.25, 0.3) is 0 Å². The Kier molecular flexibility index (Phi) is 2.95. The summed E-state index contributed by atoms with van der Waals surface area (Å²) in [5, 5.41) is 1.05. The highest BCUT2D eigenvalue weighted by Crippen LogP contribution is 2.19. The van der Waals surface area contributed by atoms with Gasteiger partial charge in [-0.3, -0.25) is 0 Å².